The standard InChI is InChI=1S/2C8H14O2.C8H8O2/c3*1-6-2-4-7(5-3-6)8(9)10/h2*6-7H,2-5H2,1H3,(H,9,10);2-5H,1H3,(H,9,10). The third kappa shape index (κ3) is 9.90. The van der Waals surface area contributed by atoms with Gasteiger partial charge in [-0.05, 0) is 82.3 Å². The number of hydrogen-bond donors (Lipinski definition) is 3. The minimum atomic E-state index is -0.875. The van der Waals surface area contributed by atoms with Crippen LogP contribution in [0.5, 0.6) is 0 Å². The lowest BCUT2D eigenvalue weighted by Gasteiger charge is -2.22. The summed E-state index contributed by atoms with van der Waals surface area (Å²) in [6, 6.07) is 6.75. The molecule has 0 saturated heterocycles. The van der Waals surface area contributed by atoms with E-state index in [1.807, 2.05) is 6.92 Å². The maximum Gasteiger partial charge on any atom is 0.335 e. The first-order valence-corrected chi connectivity index (χ1v) is 10.9. The summed E-state index contributed by atoms with van der Waals surface area (Å²) >= 11 is 0. The van der Waals surface area contributed by atoms with E-state index >= 15 is 0 Å². The molecule has 1 aromatic carbocycles. The Labute approximate surface area is 179 Å². The normalized spacial score (nSPS) is 25.6. The van der Waals surface area contributed by atoms with Crippen molar-refractivity contribution < 1.29 is 29.7 Å². The van der Waals surface area contributed by atoms with Crippen LogP contribution in [0, 0.1) is 30.6 Å². The highest BCUT2D eigenvalue weighted by molar-refractivity contribution is 5.87. The molecule has 2 fully saturated rings. The van der Waals surface area contributed by atoms with Crippen LogP contribution < -0.4 is 0 Å². The van der Waals surface area contributed by atoms with Crippen LogP contribution in [0.15, 0.2) is 24.3 Å². The van der Waals surface area contributed by atoms with Crippen molar-refractivity contribution in [2.45, 2.75) is 72.1 Å². The van der Waals surface area contributed by atoms with E-state index in [0.29, 0.717) is 5.56 Å². The van der Waals surface area contributed by atoms with Crippen LogP contribution in [-0.2, 0) is 9.59 Å². The second-order valence-electron chi connectivity index (χ2n) is 8.76. The molecule has 1 aromatic rings. The Kier molecular flexibility index (Phi) is 11.2. The van der Waals surface area contributed by atoms with Crippen molar-refractivity contribution in [2.75, 3.05) is 0 Å². The second-order valence-corrected chi connectivity index (χ2v) is 8.76. The topological polar surface area (TPSA) is 112 Å². The third-order valence-corrected chi connectivity index (χ3v) is 6.03. The van der Waals surface area contributed by atoms with E-state index in [-0.39, 0.29) is 11.8 Å². The zero-order valence-corrected chi connectivity index (χ0v) is 18.3. The van der Waals surface area contributed by atoms with Crippen molar-refractivity contribution >= 4 is 17.9 Å². The van der Waals surface area contributed by atoms with Gasteiger partial charge in [0, 0.05) is 0 Å². The summed E-state index contributed by atoms with van der Waals surface area (Å²) in [6.07, 6.45) is 7.92. The van der Waals surface area contributed by atoms with E-state index in [1.54, 1.807) is 24.3 Å². The van der Waals surface area contributed by atoms with Gasteiger partial charge in [-0.25, -0.2) is 4.79 Å². The van der Waals surface area contributed by atoms with Crippen LogP contribution in [0.3, 0.4) is 0 Å². The van der Waals surface area contributed by atoms with E-state index < -0.39 is 17.9 Å². The monoisotopic (exact) mass is 420 g/mol. The lowest BCUT2D eigenvalue weighted by Crippen LogP contribution is -2.19. The Morgan fingerprint density at radius 2 is 1.00 bits per heavy atom. The lowest BCUT2D eigenvalue weighted by molar-refractivity contribution is -0.144. The molecule has 168 valence electrons. The fraction of sp³-hybridized carbons (Fsp3) is 0.625. The molecule has 0 bridgehead atoms. The van der Waals surface area contributed by atoms with Crippen molar-refractivity contribution in [3.63, 3.8) is 0 Å². The quantitative estimate of drug-likeness (QED) is 0.596. The minimum Gasteiger partial charge on any atom is -0.481 e. The van der Waals surface area contributed by atoms with Gasteiger partial charge in [-0.1, -0.05) is 31.5 Å². The molecule has 0 aliphatic heterocycles. The Morgan fingerprint density at radius 1 is 0.667 bits per heavy atom. The average Bonchev–Trinajstić information content (AvgIpc) is 2.70. The zero-order valence-electron chi connectivity index (χ0n) is 18.3. The number of carboxylic acid groups (broad SMARTS) is 3. The molecule has 0 aromatic heterocycles. The number of aryl methyl sites for hydroxylation is 1. The molecule has 2 aliphatic carbocycles. The van der Waals surface area contributed by atoms with Crippen molar-refractivity contribution in [1.29, 1.82) is 0 Å². The Morgan fingerprint density at radius 3 is 1.27 bits per heavy atom. The van der Waals surface area contributed by atoms with E-state index in [2.05, 4.69) is 13.8 Å². The minimum absolute atomic E-state index is 0.0452. The van der Waals surface area contributed by atoms with Gasteiger partial charge in [0.05, 0.1) is 17.4 Å². The molecule has 0 amide bonds. The Bertz CT molecular complexity index is 633. The number of carboxylic acids is 3. The predicted octanol–water partition coefficient (Wildman–Crippen LogP) is 5.49. The van der Waals surface area contributed by atoms with E-state index in [4.69, 9.17) is 15.3 Å². The van der Waals surface area contributed by atoms with Crippen LogP contribution in [0.1, 0.15) is 81.1 Å². The molecule has 0 radical (unpaired) electrons. The highest BCUT2D eigenvalue weighted by atomic mass is 16.4. The van der Waals surface area contributed by atoms with Crippen LogP contribution in [0.25, 0.3) is 0 Å². The fourth-order valence-electron chi connectivity index (χ4n) is 3.71. The fourth-order valence-corrected chi connectivity index (χ4v) is 3.71. The molecular formula is C24H36O6. The summed E-state index contributed by atoms with van der Waals surface area (Å²) in [6.45, 7) is 6.31. The SMILES string of the molecule is CC1CCC(C(=O)O)CC1.CC1CCC(C(=O)O)CC1.Cc1ccc(C(=O)O)cc1. The highest BCUT2D eigenvalue weighted by Gasteiger charge is 2.24. The number of aliphatic carboxylic acids is 2. The van der Waals surface area contributed by atoms with Crippen molar-refractivity contribution in [2.24, 2.45) is 23.7 Å². The van der Waals surface area contributed by atoms with Crippen LogP contribution >= 0.6 is 0 Å². The predicted molar refractivity (Wildman–Crippen MR) is 116 cm³/mol. The van der Waals surface area contributed by atoms with E-state index in [9.17, 15) is 14.4 Å². The van der Waals surface area contributed by atoms with Gasteiger partial charge >= 0.3 is 17.9 Å². The molecule has 2 saturated carbocycles. The van der Waals surface area contributed by atoms with Crippen LogP contribution in [0.4, 0.5) is 0 Å². The summed E-state index contributed by atoms with van der Waals surface area (Å²) < 4.78 is 0. The molecule has 6 nitrogen and oxygen atoms in total. The first-order chi connectivity index (χ1) is 14.1. The van der Waals surface area contributed by atoms with Gasteiger partial charge in [0.15, 0.2) is 0 Å². The summed E-state index contributed by atoms with van der Waals surface area (Å²) in [5.41, 5.74) is 1.41. The smallest absolute Gasteiger partial charge is 0.335 e. The zero-order chi connectivity index (χ0) is 22.7. The second kappa shape index (κ2) is 13.0. The molecule has 0 spiro atoms. The summed E-state index contributed by atoms with van der Waals surface area (Å²) in [7, 11) is 0. The number of benzene rings is 1. The highest BCUT2D eigenvalue weighted by Crippen LogP contribution is 2.28. The van der Waals surface area contributed by atoms with Crippen molar-refractivity contribution in [3.8, 4) is 0 Å². The lowest BCUT2D eigenvalue weighted by atomic mass is 9.83. The number of aromatic carboxylic acids is 1. The van der Waals surface area contributed by atoms with Gasteiger partial charge in [-0.3, -0.25) is 9.59 Å². The molecule has 6 heteroatoms. The Balaban J connectivity index is 0.000000225. The van der Waals surface area contributed by atoms with Crippen LogP contribution in [0.2, 0.25) is 0 Å². The average molecular weight is 421 g/mol. The molecule has 30 heavy (non-hydrogen) atoms. The van der Waals surface area contributed by atoms with E-state index in [1.165, 1.54) is 0 Å². The summed E-state index contributed by atoms with van der Waals surface area (Å²) in [5.74, 6) is -0.683. The number of hydrogen-bond acceptors (Lipinski definition) is 3. The Hall–Kier alpha value is -2.37. The van der Waals surface area contributed by atoms with Gasteiger partial charge in [-0.15, -0.1) is 0 Å². The van der Waals surface area contributed by atoms with Crippen molar-refractivity contribution in [1.82, 2.24) is 0 Å². The maximum atomic E-state index is 10.5. The molecule has 0 heterocycles. The van der Waals surface area contributed by atoms with Gasteiger partial charge in [0.1, 0.15) is 0 Å². The molecule has 0 unspecified atom stereocenters. The molecule has 3 N–H and O–H groups in total. The molecule has 0 atom stereocenters. The van der Waals surface area contributed by atoms with Gasteiger partial charge < -0.3 is 15.3 Å². The maximum absolute atomic E-state index is 10.5. The van der Waals surface area contributed by atoms with Gasteiger partial charge in [-0.2, -0.15) is 0 Å². The van der Waals surface area contributed by atoms with E-state index in [0.717, 1.165) is 68.8 Å². The van der Waals surface area contributed by atoms with Gasteiger partial charge in [0.2, 0.25) is 0 Å². The van der Waals surface area contributed by atoms with Crippen molar-refractivity contribution in [3.05, 3.63) is 35.4 Å². The third-order valence-electron chi connectivity index (χ3n) is 6.03. The molecule has 3 rings (SSSR count). The molecule has 2 aliphatic rings. The largest absolute Gasteiger partial charge is 0.481 e. The van der Waals surface area contributed by atoms with Gasteiger partial charge in [0.25, 0.3) is 0 Å². The number of carbonyl (C=O) groups is 3. The van der Waals surface area contributed by atoms with Crippen LogP contribution in [-0.4, -0.2) is 33.2 Å². The summed E-state index contributed by atoms with van der Waals surface area (Å²) in [4.78, 5) is 31.2. The first-order valence-electron chi connectivity index (χ1n) is 10.9. The number of rotatable bonds is 3. The first kappa shape index (κ1) is 25.7. The summed E-state index contributed by atoms with van der Waals surface area (Å²) in [5, 5.41) is 25.7. The molecular weight excluding hydrogens is 384 g/mol.